The Morgan fingerprint density at radius 1 is 1.40 bits per heavy atom. The predicted octanol–water partition coefficient (Wildman–Crippen LogP) is 1.41. The van der Waals surface area contributed by atoms with E-state index in [4.69, 9.17) is 5.11 Å². The Hall–Kier alpha value is -2.58. The van der Waals surface area contributed by atoms with E-state index in [1.54, 1.807) is 29.2 Å². The van der Waals surface area contributed by atoms with Gasteiger partial charge in [0.1, 0.15) is 5.69 Å². The van der Waals surface area contributed by atoms with Crippen molar-refractivity contribution >= 4 is 11.6 Å². The Morgan fingerprint density at radius 3 is 2.75 bits per heavy atom. The largest absolute Gasteiger partial charge is 0.395 e. The molecule has 2 aromatic rings. The van der Waals surface area contributed by atoms with Gasteiger partial charge in [-0.2, -0.15) is 0 Å². The van der Waals surface area contributed by atoms with Gasteiger partial charge in [0.15, 0.2) is 0 Å². The van der Waals surface area contributed by atoms with E-state index < -0.39 is 0 Å². The van der Waals surface area contributed by atoms with E-state index >= 15 is 0 Å². The lowest BCUT2D eigenvalue weighted by molar-refractivity contribution is 0.102. The van der Waals surface area contributed by atoms with Gasteiger partial charge in [-0.3, -0.25) is 4.79 Å². The van der Waals surface area contributed by atoms with Gasteiger partial charge >= 0.3 is 0 Å². The molecule has 1 amide bonds. The third-order valence-electron chi connectivity index (χ3n) is 2.55. The van der Waals surface area contributed by atoms with Crippen LogP contribution in [0.3, 0.4) is 0 Å². The zero-order valence-corrected chi connectivity index (χ0v) is 11.1. The van der Waals surface area contributed by atoms with Crippen molar-refractivity contribution < 1.29 is 9.90 Å². The molecule has 0 spiro atoms. The number of imidazole rings is 1. The Labute approximate surface area is 117 Å². The van der Waals surface area contributed by atoms with Crippen LogP contribution < -0.4 is 5.32 Å². The fraction of sp³-hybridized carbons (Fsp3) is 0.200. The van der Waals surface area contributed by atoms with Crippen LogP contribution >= 0.6 is 0 Å². The molecule has 0 radical (unpaired) electrons. The van der Waals surface area contributed by atoms with Crippen LogP contribution in [0.1, 0.15) is 22.5 Å². The molecular formula is C15H15N3O2. The topological polar surface area (TPSA) is 67.2 Å². The van der Waals surface area contributed by atoms with Gasteiger partial charge in [0.25, 0.3) is 5.91 Å². The minimum Gasteiger partial charge on any atom is -0.395 e. The standard InChI is InChI=1S/C15H15N3O2/c1-18-10-14(16-11-18)15(20)17-13-7-5-12(6-8-13)4-2-3-9-19/h5-8,10-11,19H,3,9H2,1H3,(H,17,20). The van der Waals surface area contributed by atoms with Crippen LogP contribution in [0.2, 0.25) is 0 Å². The minimum atomic E-state index is -0.246. The number of benzene rings is 1. The average molecular weight is 269 g/mol. The second-order valence-corrected chi connectivity index (χ2v) is 4.23. The molecule has 0 saturated carbocycles. The lowest BCUT2D eigenvalue weighted by atomic mass is 10.2. The van der Waals surface area contributed by atoms with E-state index in [1.807, 2.05) is 19.2 Å². The number of aryl methyl sites for hydroxylation is 1. The fourth-order valence-corrected chi connectivity index (χ4v) is 1.58. The van der Waals surface area contributed by atoms with Gasteiger partial charge in [0.2, 0.25) is 0 Å². The van der Waals surface area contributed by atoms with Crippen molar-refractivity contribution in [1.29, 1.82) is 0 Å². The number of rotatable bonds is 3. The molecule has 0 bridgehead atoms. The van der Waals surface area contributed by atoms with E-state index in [0.717, 1.165) is 5.56 Å². The van der Waals surface area contributed by atoms with E-state index in [1.165, 1.54) is 0 Å². The third-order valence-corrected chi connectivity index (χ3v) is 2.55. The summed E-state index contributed by atoms with van der Waals surface area (Å²) in [4.78, 5) is 15.9. The van der Waals surface area contributed by atoms with E-state index in [-0.39, 0.29) is 12.5 Å². The first-order valence-electron chi connectivity index (χ1n) is 6.18. The highest BCUT2D eigenvalue weighted by molar-refractivity contribution is 6.02. The number of aliphatic hydroxyl groups excluding tert-OH is 1. The van der Waals surface area contributed by atoms with Gasteiger partial charge < -0.3 is 15.0 Å². The Kier molecular flexibility index (Phi) is 4.53. The number of hydrogen-bond donors (Lipinski definition) is 2. The van der Waals surface area contributed by atoms with Crippen molar-refractivity contribution in [2.24, 2.45) is 7.05 Å². The van der Waals surface area contributed by atoms with Crippen LogP contribution in [0, 0.1) is 11.8 Å². The minimum absolute atomic E-state index is 0.0607. The van der Waals surface area contributed by atoms with E-state index in [2.05, 4.69) is 22.1 Å². The lowest BCUT2D eigenvalue weighted by Gasteiger charge is -2.02. The van der Waals surface area contributed by atoms with Crippen LogP contribution in [-0.4, -0.2) is 27.2 Å². The SMILES string of the molecule is Cn1cnc(C(=O)Nc2ccc(C#CCCO)cc2)c1. The Balaban J connectivity index is 2.01. The normalized spacial score (nSPS) is 9.70. The van der Waals surface area contributed by atoms with Crippen LogP contribution in [-0.2, 0) is 7.05 Å². The number of carbonyl (C=O) groups excluding carboxylic acids is 1. The predicted molar refractivity (Wildman–Crippen MR) is 76.2 cm³/mol. The van der Waals surface area contributed by atoms with E-state index in [0.29, 0.717) is 17.8 Å². The molecule has 5 heteroatoms. The molecule has 102 valence electrons. The molecule has 1 heterocycles. The van der Waals surface area contributed by atoms with Crippen molar-refractivity contribution in [3.63, 3.8) is 0 Å². The first kappa shape index (κ1) is 13.8. The van der Waals surface area contributed by atoms with Crippen molar-refractivity contribution in [3.05, 3.63) is 48.0 Å². The lowest BCUT2D eigenvalue weighted by Crippen LogP contribution is -2.12. The molecule has 0 aliphatic carbocycles. The molecule has 0 aliphatic heterocycles. The monoisotopic (exact) mass is 269 g/mol. The molecule has 1 aromatic carbocycles. The molecule has 5 nitrogen and oxygen atoms in total. The summed E-state index contributed by atoms with van der Waals surface area (Å²) in [6.07, 6.45) is 3.69. The second-order valence-electron chi connectivity index (χ2n) is 4.23. The highest BCUT2D eigenvalue weighted by Crippen LogP contribution is 2.10. The van der Waals surface area contributed by atoms with Gasteiger partial charge in [-0.15, -0.1) is 0 Å². The molecule has 0 aliphatic rings. The van der Waals surface area contributed by atoms with Gasteiger partial charge in [-0.25, -0.2) is 4.98 Å². The van der Waals surface area contributed by atoms with Crippen molar-refractivity contribution in [2.75, 3.05) is 11.9 Å². The summed E-state index contributed by atoms with van der Waals surface area (Å²) in [5.74, 6) is 5.52. The number of nitrogens with one attached hydrogen (secondary N) is 1. The average Bonchev–Trinajstić information content (AvgIpc) is 2.88. The van der Waals surface area contributed by atoms with Gasteiger partial charge in [-0.05, 0) is 24.3 Å². The summed E-state index contributed by atoms with van der Waals surface area (Å²) in [6, 6.07) is 7.20. The molecule has 2 rings (SSSR count). The quantitative estimate of drug-likeness (QED) is 0.828. The maximum Gasteiger partial charge on any atom is 0.275 e. The second kappa shape index (κ2) is 6.55. The smallest absolute Gasteiger partial charge is 0.275 e. The van der Waals surface area contributed by atoms with Crippen molar-refractivity contribution in [2.45, 2.75) is 6.42 Å². The number of carbonyl (C=O) groups is 1. The number of aromatic nitrogens is 2. The summed E-state index contributed by atoms with van der Waals surface area (Å²) in [6.45, 7) is 0.0607. The third kappa shape index (κ3) is 3.70. The molecule has 0 saturated heterocycles. The number of aliphatic hydroxyl groups is 1. The van der Waals surface area contributed by atoms with Gasteiger partial charge in [0.05, 0.1) is 12.9 Å². The number of hydrogen-bond acceptors (Lipinski definition) is 3. The van der Waals surface area contributed by atoms with Crippen LogP contribution in [0.15, 0.2) is 36.8 Å². The zero-order valence-electron chi connectivity index (χ0n) is 11.1. The summed E-state index contributed by atoms with van der Waals surface area (Å²) >= 11 is 0. The number of anilines is 1. The van der Waals surface area contributed by atoms with Gasteiger partial charge in [0, 0.05) is 30.9 Å². The molecule has 0 unspecified atom stereocenters. The first-order valence-corrected chi connectivity index (χ1v) is 6.18. The van der Waals surface area contributed by atoms with Crippen LogP contribution in [0.5, 0.6) is 0 Å². The highest BCUT2D eigenvalue weighted by Gasteiger charge is 2.08. The maximum absolute atomic E-state index is 11.9. The fourth-order valence-electron chi connectivity index (χ4n) is 1.58. The summed E-state index contributed by atoms with van der Waals surface area (Å²) in [5, 5.41) is 11.4. The molecule has 0 fully saturated rings. The Bertz CT molecular complexity index is 648. The molecule has 1 aromatic heterocycles. The van der Waals surface area contributed by atoms with Crippen molar-refractivity contribution in [1.82, 2.24) is 9.55 Å². The Morgan fingerprint density at radius 2 is 2.15 bits per heavy atom. The highest BCUT2D eigenvalue weighted by atomic mass is 16.2. The molecular weight excluding hydrogens is 254 g/mol. The summed E-state index contributed by atoms with van der Waals surface area (Å²) in [5.41, 5.74) is 1.90. The van der Waals surface area contributed by atoms with Gasteiger partial charge in [-0.1, -0.05) is 11.8 Å². The van der Waals surface area contributed by atoms with E-state index in [9.17, 15) is 4.79 Å². The zero-order chi connectivity index (χ0) is 14.4. The summed E-state index contributed by atoms with van der Waals surface area (Å²) < 4.78 is 1.72. The molecule has 20 heavy (non-hydrogen) atoms. The summed E-state index contributed by atoms with van der Waals surface area (Å²) in [7, 11) is 1.81. The first-order chi connectivity index (χ1) is 9.69. The molecule has 2 N–H and O–H groups in total. The number of amides is 1. The van der Waals surface area contributed by atoms with Crippen LogP contribution in [0.25, 0.3) is 0 Å². The molecule has 0 atom stereocenters. The maximum atomic E-state index is 11.9. The number of nitrogens with zero attached hydrogens (tertiary/aromatic N) is 2. The van der Waals surface area contributed by atoms with Crippen molar-refractivity contribution in [3.8, 4) is 11.8 Å². The van der Waals surface area contributed by atoms with Crippen LogP contribution in [0.4, 0.5) is 5.69 Å².